The van der Waals surface area contributed by atoms with E-state index in [1.807, 2.05) is 24.7 Å². The number of hydrogen-bond acceptors (Lipinski definition) is 5. The van der Waals surface area contributed by atoms with Gasteiger partial charge in [-0.1, -0.05) is 36.4 Å². The normalized spacial score (nSPS) is 15.9. The Hall–Kier alpha value is -3.58. The number of aromatic nitrogens is 6. The van der Waals surface area contributed by atoms with Gasteiger partial charge in [0.05, 0.1) is 29.1 Å². The molecular weight excluding hydrogens is 412 g/mol. The summed E-state index contributed by atoms with van der Waals surface area (Å²) in [6, 6.07) is 19.5. The van der Waals surface area contributed by atoms with Crippen molar-refractivity contribution in [3.05, 3.63) is 77.9 Å². The number of ether oxygens (including phenoxy) is 1. The van der Waals surface area contributed by atoms with Crippen LogP contribution < -0.4 is 0 Å². The van der Waals surface area contributed by atoms with Crippen LogP contribution >= 0.6 is 0 Å². The summed E-state index contributed by atoms with van der Waals surface area (Å²) in [5, 5.41) is 13.2. The number of aryl methyl sites for hydroxylation is 2. The molecule has 166 valence electrons. The Kier molecular flexibility index (Phi) is 4.91. The molecule has 7 nitrogen and oxygen atoms in total. The maximum Gasteiger partial charge on any atom is 0.180 e. The van der Waals surface area contributed by atoms with Crippen molar-refractivity contribution in [3.8, 4) is 11.3 Å². The van der Waals surface area contributed by atoms with E-state index in [2.05, 4.69) is 69.4 Å². The van der Waals surface area contributed by atoms with E-state index >= 15 is 0 Å². The van der Waals surface area contributed by atoms with Crippen LogP contribution in [0, 0.1) is 19.8 Å². The van der Waals surface area contributed by atoms with Crippen LogP contribution in [-0.4, -0.2) is 42.6 Å². The first-order valence-electron chi connectivity index (χ1n) is 11.5. The zero-order chi connectivity index (χ0) is 22.4. The topological polar surface area (TPSA) is 70.1 Å². The zero-order valence-electron chi connectivity index (χ0n) is 18.8. The van der Waals surface area contributed by atoms with E-state index in [0.717, 1.165) is 65.4 Å². The Morgan fingerprint density at radius 2 is 1.79 bits per heavy atom. The lowest BCUT2D eigenvalue weighted by atomic mass is 9.86. The Bertz CT molecular complexity index is 1430. The fraction of sp³-hybridized carbons (Fsp3) is 0.308. The van der Waals surface area contributed by atoms with Crippen molar-refractivity contribution >= 4 is 16.7 Å². The quantitative estimate of drug-likeness (QED) is 0.404. The number of hydrogen-bond donors (Lipinski definition) is 0. The first kappa shape index (κ1) is 20.1. The molecule has 2 aromatic carbocycles. The molecule has 0 spiro atoms. The van der Waals surface area contributed by atoms with E-state index in [0.29, 0.717) is 5.92 Å². The molecule has 1 aliphatic rings. The summed E-state index contributed by atoms with van der Waals surface area (Å²) in [5.74, 6) is 1.28. The zero-order valence-corrected chi connectivity index (χ0v) is 18.8. The molecule has 0 radical (unpaired) electrons. The third-order valence-electron chi connectivity index (χ3n) is 6.73. The van der Waals surface area contributed by atoms with Crippen LogP contribution in [-0.2, 0) is 4.74 Å². The molecule has 4 heterocycles. The number of rotatable bonds is 4. The average molecular weight is 439 g/mol. The van der Waals surface area contributed by atoms with Crippen molar-refractivity contribution in [2.75, 3.05) is 13.2 Å². The molecule has 0 amide bonds. The highest BCUT2D eigenvalue weighted by Crippen LogP contribution is 2.36. The summed E-state index contributed by atoms with van der Waals surface area (Å²) in [4.78, 5) is 4.75. The van der Waals surface area contributed by atoms with Crippen molar-refractivity contribution in [2.24, 2.45) is 5.92 Å². The molecule has 0 bridgehead atoms. The summed E-state index contributed by atoms with van der Waals surface area (Å²) in [7, 11) is 0. The molecule has 7 heteroatoms. The lowest BCUT2D eigenvalue weighted by Crippen LogP contribution is -2.26. The van der Waals surface area contributed by atoms with E-state index in [-0.39, 0.29) is 6.04 Å². The van der Waals surface area contributed by atoms with Gasteiger partial charge >= 0.3 is 0 Å². The van der Waals surface area contributed by atoms with Gasteiger partial charge in [0.25, 0.3) is 0 Å². The Morgan fingerprint density at radius 3 is 2.61 bits per heavy atom. The van der Waals surface area contributed by atoms with Crippen LogP contribution in [0.5, 0.6) is 0 Å². The lowest BCUT2D eigenvalue weighted by Gasteiger charge is -2.32. The molecule has 1 aliphatic heterocycles. The Labute approximate surface area is 192 Å². The van der Waals surface area contributed by atoms with Gasteiger partial charge in [0.15, 0.2) is 11.5 Å². The third kappa shape index (κ3) is 3.49. The first-order chi connectivity index (χ1) is 16.2. The summed E-state index contributed by atoms with van der Waals surface area (Å²) in [6.45, 7) is 5.60. The molecular formula is C26H26N6O. The molecule has 0 aliphatic carbocycles. The van der Waals surface area contributed by atoms with Gasteiger partial charge in [0, 0.05) is 18.8 Å². The fourth-order valence-electron chi connectivity index (χ4n) is 5.02. The van der Waals surface area contributed by atoms with E-state index < -0.39 is 0 Å². The number of benzene rings is 2. The van der Waals surface area contributed by atoms with Crippen LogP contribution in [0.2, 0.25) is 0 Å². The largest absolute Gasteiger partial charge is 0.381 e. The SMILES string of the molecule is Cc1cc(-c2ccc3ncn(C(c4ccccc4)C4CCOCC4)c3c2)nn2c(C)nnc12. The summed E-state index contributed by atoms with van der Waals surface area (Å²) >= 11 is 0. The van der Waals surface area contributed by atoms with Gasteiger partial charge in [-0.15, -0.1) is 10.2 Å². The van der Waals surface area contributed by atoms with Crippen LogP contribution in [0.3, 0.4) is 0 Å². The summed E-state index contributed by atoms with van der Waals surface area (Å²) in [6.07, 6.45) is 4.08. The number of imidazole rings is 1. The van der Waals surface area contributed by atoms with Crippen molar-refractivity contribution < 1.29 is 4.74 Å². The summed E-state index contributed by atoms with van der Waals surface area (Å²) in [5.41, 5.74) is 7.23. The maximum atomic E-state index is 5.67. The monoisotopic (exact) mass is 438 g/mol. The smallest absolute Gasteiger partial charge is 0.180 e. The highest BCUT2D eigenvalue weighted by atomic mass is 16.5. The molecule has 1 fully saturated rings. The van der Waals surface area contributed by atoms with Crippen molar-refractivity contribution in [2.45, 2.75) is 32.7 Å². The maximum absolute atomic E-state index is 5.67. The predicted molar refractivity (Wildman–Crippen MR) is 127 cm³/mol. The second-order valence-corrected chi connectivity index (χ2v) is 8.86. The Morgan fingerprint density at radius 1 is 0.970 bits per heavy atom. The third-order valence-corrected chi connectivity index (χ3v) is 6.73. The molecule has 5 aromatic rings. The fourth-order valence-corrected chi connectivity index (χ4v) is 5.02. The van der Waals surface area contributed by atoms with Gasteiger partial charge in [-0.25, -0.2) is 4.98 Å². The van der Waals surface area contributed by atoms with Crippen molar-refractivity contribution in [3.63, 3.8) is 0 Å². The highest BCUT2D eigenvalue weighted by Gasteiger charge is 2.28. The van der Waals surface area contributed by atoms with E-state index in [4.69, 9.17) is 14.8 Å². The van der Waals surface area contributed by atoms with Gasteiger partial charge in [0.2, 0.25) is 0 Å². The lowest BCUT2D eigenvalue weighted by molar-refractivity contribution is 0.0547. The molecule has 33 heavy (non-hydrogen) atoms. The molecule has 3 aromatic heterocycles. The predicted octanol–water partition coefficient (Wildman–Crippen LogP) is 4.77. The van der Waals surface area contributed by atoms with Gasteiger partial charge in [-0.3, -0.25) is 0 Å². The van der Waals surface area contributed by atoms with E-state index in [1.54, 1.807) is 0 Å². The van der Waals surface area contributed by atoms with Crippen LogP contribution in [0.15, 0.2) is 60.9 Å². The average Bonchev–Trinajstić information content (AvgIpc) is 3.44. The minimum Gasteiger partial charge on any atom is -0.381 e. The molecule has 1 saturated heterocycles. The molecule has 0 saturated carbocycles. The number of nitrogens with zero attached hydrogens (tertiary/aromatic N) is 6. The standard InChI is InChI=1S/C26H26N6O/c1-17-14-23(30-32-18(2)28-29-26(17)32)21-8-9-22-24(15-21)31(16-27-22)25(19-6-4-3-5-7-19)20-10-12-33-13-11-20/h3-9,14-16,20,25H,10-13H2,1-2H3. The number of fused-ring (bicyclic) bond motifs is 2. The molecule has 1 atom stereocenters. The summed E-state index contributed by atoms with van der Waals surface area (Å²) < 4.78 is 9.84. The van der Waals surface area contributed by atoms with Gasteiger partial charge < -0.3 is 9.30 Å². The highest BCUT2D eigenvalue weighted by molar-refractivity contribution is 5.82. The molecule has 6 rings (SSSR count). The molecule has 0 N–H and O–H groups in total. The van der Waals surface area contributed by atoms with Crippen LogP contribution in [0.4, 0.5) is 0 Å². The minimum atomic E-state index is 0.215. The second kappa shape index (κ2) is 8.08. The van der Waals surface area contributed by atoms with Gasteiger partial charge in [-0.05, 0) is 61.9 Å². The van der Waals surface area contributed by atoms with Crippen LogP contribution in [0.25, 0.3) is 27.9 Å². The van der Waals surface area contributed by atoms with Gasteiger partial charge in [0.1, 0.15) is 0 Å². The molecule has 1 unspecified atom stereocenters. The first-order valence-corrected chi connectivity index (χ1v) is 11.5. The second-order valence-electron chi connectivity index (χ2n) is 8.86. The van der Waals surface area contributed by atoms with Gasteiger partial charge in [-0.2, -0.15) is 9.61 Å². The van der Waals surface area contributed by atoms with E-state index in [9.17, 15) is 0 Å². The van der Waals surface area contributed by atoms with Crippen LogP contribution in [0.1, 0.15) is 35.8 Å². The minimum absolute atomic E-state index is 0.215. The Balaban J connectivity index is 1.50. The van der Waals surface area contributed by atoms with Crippen molar-refractivity contribution in [1.29, 1.82) is 0 Å². The van der Waals surface area contributed by atoms with Crippen molar-refractivity contribution in [1.82, 2.24) is 29.4 Å². The van der Waals surface area contributed by atoms with E-state index in [1.165, 1.54) is 5.56 Å².